The molecule has 0 radical (unpaired) electrons. The molecule has 0 atom stereocenters. The number of aromatic amines is 1. The summed E-state index contributed by atoms with van der Waals surface area (Å²) >= 11 is 0. The van der Waals surface area contributed by atoms with Crippen molar-refractivity contribution in [2.45, 2.75) is 6.42 Å². The molecule has 3 heterocycles. The van der Waals surface area contributed by atoms with Gasteiger partial charge in [-0.1, -0.05) is 0 Å². The molecule has 4 rings (SSSR count). The Morgan fingerprint density at radius 2 is 2.20 bits per heavy atom. The van der Waals surface area contributed by atoms with E-state index in [0.717, 1.165) is 23.3 Å². The van der Waals surface area contributed by atoms with Gasteiger partial charge in [0.05, 0.1) is 12.3 Å². The van der Waals surface area contributed by atoms with Gasteiger partial charge in [-0.25, -0.2) is 4.98 Å². The van der Waals surface area contributed by atoms with Gasteiger partial charge in [-0.2, -0.15) is 4.52 Å². The van der Waals surface area contributed by atoms with Gasteiger partial charge < -0.3 is 10.5 Å². The van der Waals surface area contributed by atoms with E-state index in [1.807, 2.05) is 18.2 Å². The Labute approximate surface area is 113 Å². The van der Waals surface area contributed by atoms with Crippen LogP contribution >= 0.6 is 0 Å². The summed E-state index contributed by atoms with van der Waals surface area (Å²) in [5.41, 5.74) is 8.69. The van der Waals surface area contributed by atoms with Gasteiger partial charge in [-0.15, -0.1) is 0 Å². The smallest absolute Gasteiger partial charge is 0.273 e. The van der Waals surface area contributed by atoms with E-state index in [1.54, 1.807) is 6.07 Å². The van der Waals surface area contributed by atoms with E-state index in [0.29, 0.717) is 23.8 Å². The molecule has 0 bridgehead atoms. The second-order valence-corrected chi connectivity index (χ2v) is 4.81. The summed E-state index contributed by atoms with van der Waals surface area (Å²) in [6.07, 6.45) is 0.890. The fourth-order valence-corrected chi connectivity index (χ4v) is 2.50. The Bertz CT molecular complexity index is 879. The van der Waals surface area contributed by atoms with E-state index in [2.05, 4.69) is 10.1 Å². The summed E-state index contributed by atoms with van der Waals surface area (Å²) < 4.78 is 6.81. The first kappa shape index (κ1) is 11.1. The maximum atomic E-state index is 12.0. The van der Waals surface area contributed by atoms with Gasteiger partial charge in [-0.3, -0.25) is 9.89 Å². The maximum Gasteiger partial charge on any atom is 0.273 e. The fourth-order valence-electron chi connectivity index (χ4n) is 2.50. The molecule has 0 saturated heterocycles. The average Bonchev–Trinajstić information content (AvgIpc) is 3.03. The lowest BCUT2D eigenvalue weighted by Crippen LogP contribution is -2.14. The van der Waals surface area contributed by atoms with Crippen LogP contribution < -0.4 is 16.0 Å². The molecule has 20 heavy (non-hydrogen) atoms. The van der Waals surface area contributed by atoms with Crippen LogP contribution in [-0.4, -0.2) is 21.2 Å². The van der Waals surface area contributed by atoms with Crippen molar-refractivity contribution in [1.29, 1.82) is 0 Å². The van der Waals surface area contributed by atoms with Crippen LogP contribution in [0.1, 0.15) is 5.56 Å². The molecule has 0 saturated carbocycles. The molecule has 0 spiro atoms. The first-order valence-electron chi connectivity index (χ1n) is 6.35. The number of ether oxygens (including phenoxy) is 1. The van der Waals surface area contributed by atoms with Crippen molar-refractivity contribution in [3.8, 4) is 17.0 Å². The number of benzene rings is 1. The number of hydrogen-bond acceptors (Lipinski definition) is 4. The zero-order chi connectivity index (χ0) is 13.7. The van der Waals surface area contributed by atoms with Crippen LogP contribution in [-0.2, 0) is 6.42 Å². The van der Waals surface area contributed by atoms with Gasteiger partial charge in [0.25, 0.3) is 5.56 Å². The van der Waals surface area contributed by atoms with E-state index in [4.69, 9.17) is 10.5 Å². The number of nitrogens with zero attached hydrogens (tertiary/aromatic N) is 2. The van der Waals surface area contributed by atoms with Gasteiger partial charge in [0.1, 0.15) is 11.6 Å². The maximum absolute atomic E-state index is 12.0. The van der Waals surface area contributed by atoms with Crippen LogP contribution in [0.2, 0.25) is 0 Å². The second kappa shape index (κ2) is 3.86. The molecule has 0 aliphatic carbocycles. The molecule has 1 aliphatic rings. The molecule has 6 nitrogen and oxygen atoms in total. The van der Waals surface area contributed by atoms with Crippen molar-refractivity contribution in [2.75, 3.05) is 12.3 Å². The molecule has 1 aliphatic heterocycles. The summed E-state index contributed by atoms with van der Waals surface area (Å²) in [6.45, 7) is 0.711. The first-order chi connectivity index (χ1) is 9.70. The molecular formula is C14H12N4O2. The van der Waals surface area contributed by atoms with Gasteiger partial charge in [0, 0.05) is 24.1 Å². The molecule has 3 aromatic rings. The van der Waals surface area contributed by atoms with Crippen LogP contribution in [0, 0.1) is 0 Å². The zero-order valence-electron chi connectivity index (χ0n) is 10.6. The normalized spacial score (nSPS) is 13.4. The molecule has 2 aromatic heterocycles. The van der Waals surface area contributed by atoms with E-state index in [9.17, 15) is 4.79 Å². The number of H-pyrrole nitrogens is 1. The summed E-state index contributed by atoms with van der Waals surface area (Å²) in [5, 5.41) is 2.75. The lowest BCUT2D eigenvalue weighted by Gasteiger charge is -2.04. The van der Waals surface area contributed by atoms with Gasteiger partial charge in [0.2, 0.25) is 0 Å². The highest BCUT2D eigenvalue weighted by Crippen LogP contribution is 2.29. The lowest BCUT2D eigenvalue weighted by atomic mass is 10.1. The first-order valence-corrected chi connectivity index (χ1v) is 6.35. The largest absolute Gasteiger partial charge is 0.493 e. The number of rotatable bonds is 1. The van der Waals surface area contributed by atoms with Crippen molar-refractivity contribution >= 4 is 11.5 Å². The molecule has 1 aromatic carbocycles. The lowest BCUT2D eigenvalue weighted by molar-refractivity contribution is 0.357. The van der Waals surface area contributed by atoms with Gasteiger partial charge in [-0.05, 0) is 23.8 Å². The second-order valence-electron chi connectivity index (χ2n) is 4.81. The van der Waals surface area contributed by atoms with Crippen molar-refractivity contribution < 1.29 is 4.74 Å². The Morgan fingerprint density at radius 3 is 3.10 bits per heavy atom. The highest BCUT2D eigenvalue weighted by atomic mass is 16.5. The molecule has 100 valence electrons. The summed E-state index contributed by atoms with van der Waals surface area (Å²) in [7, 11) is 0. The van der Waals surface area contributed by atoms with Crippen molar-refractivity contribution in [3.05, 3.63) is 46.2 Å². The zero-order valence-corrected chi connectivity index (χ0v) is 10.6. The molecule has 3 N–H and O–H groups in total. The molecule has 0 amide bonds. The van der Waals surface area contributed by atoms with Crippen LogP contribution in [0.15, 0.2) is 35.1 Å². The monoisotopic (exact) mass is 268 g/mol. The third kappa shape index (κ3) is 1.58. The Hall–Kier alpha value is -2.76. The van der Waals surface area contributed by atoms with Crippen LogP contribution in [0.5, 0.6) is 5.75 Å². The number of hydrogen-bond donors (Lipinski definition) is 2. The van der Waals surface area contributed by atoms with Gasteiger partial charge >= 0.3 is 0 Å². The number of nitrogens with one attached hydrogen (secondary N) is 1. The van der Waals surface area contributed by atoms with Crippen molar-refractivity contribution in [1.82, 2.24) is 14.6 Å². The van der Waals surface area contributed by atoms with E-state index in [-0.39, 0.29) is 5.56 Å². The van der Waals surface area contributed by atoms with E-state index < -0.39 is 0 Å². The third-order valence-electron chi connectivity index (χ3n) is 3.46. The number of fused-ring (bicyclic) bond motifs is 2. The standard InChI is InChI=1S/C14H12N4O2/c15-12-7-13-16-10(6-14(19)18(13)17-12)8-1-2-11-9(5-8)3-4-20-11/h1-2,5-7,17H,3-4,15H2. The quantitative estimate of drug-likeness (QED) is 0.694. The molecular weight excluding hydrogens is 256 g/mol. The average molecular weight is 268 g/mol. The fraction of sp³-hybridized carbons (Fsp3) is 0.143. The highest BCUT2D eigenvalue weighted by Gasteiger charge is 2.14. The molecule has 0 fully saturated rings. The Kier molecular flexibility index (Phi) is 2.14. The van der Waals surface area contributed by atoms with Crippen LogP contribution in [0.4, 0.5) is 5.82 Å². The predicted octanol–water partition coefficient (Wildman–Crippen LogP) is 1.21. The van der Waals surface area contributed by atoms with Crippen LogP contribution in [0.3, 0.4) is 0 Å². The third-order valence-corrected chi connectivity index (χ3v) is 3.46. The SMILES string of the molecule is Nc1cc2nc(-c3ccc4c(c3)CCO4)cc(=O)n2[nH]1. The minimum atomic E-state index is -0.182. The summed E-state index contributed by atoms with van der Waals surface area (Å²) in [6, 6.07) is 9.00. The number of nitrogens with two attached hydrogens (primary N) is 1. The highest BCUT2D eigenvalue weighted by molar-refractivity contribution is 5.65. The topological polar surface area (TPSA) is 85.4 Å². The Balaban J connectivity index is 1.91. The number of anilines is 1. The van der Waals surface area contributed by atoms with Gasteiger partial charge in [0.15, 0.2) is 5.65 Å². The van der Waals surface area contributed by atoms with Crippen molar-refractivity contribution in [2.24, 2.45) is 0 Å². The Morgan fingerprint density at radius 1 is 1.30 bits per heavy atom. The molecule has 6 heteroatoms. The minimum absolute atomic E-state index is 0.182. The van der Waals surface area contributed by atoms with E-state index >= 15 is 0 Å². The summed E-state index contributed by atoms with van der Waals surface area (Å²) in [5.74, 6) is 1.33. The number of aromatic nitrogens is 3. The minimum Gasteiger partial charge on any atom is -0.493 e. The molecule has 0 unspecified atom stereocenters. The number of nitrogen functional groups attached to an aromatic ring is 1. The van der Waals surface area contributed by atoms with Crippen molar-refractivity contribution in [3.63, 3.8) is 0 Å². The van der Waals surface area contributed by atoms with E-state index in [1.165, 1.54) is 10.6 Å². The van der Waals surface area contributed by atoms with Crippen LogP contribution in [0.25, 0.3) is 16.9 Å². The summed E-state index contributed by atoms with van der Waals surface area (Å²) in [4.78, 5) is 16.5. The predicted molar refractivity (Wildman–Crippen MR) is 74.9 cm³/mol.